The van der Waals surface area contributed by atoms with E-state index >= 15 is 0 Å². The van der Waals surface area contributed by atoms with Gasteiger partial charge in [-0.15, -0.1) is 5.10 Å². The van der Waals surface area contributed by atoms with E-state index in [4.69, 9.17) is 0 Å². The van der Waals surface area contributed by atoms with E-state index in [1.54, 1.807) is 17.0 Å². The Labute approximate surface area is 164 Å². The van der Waals surface area contributed by atoms with Gasteiger partial charge in [-0.2, -0.15) is 0 Å². The number of rotatable bonds is 5. The van der Waals surface area contributed by atoms with Gasteiger partial charge in [-0.25, -0.2) is 9.48 Å². The lowest BCUT2D eigenvalue weighted by molar-refractivity contribution is -0.117. The van der Waals surface area contributed by atoms with Gasteiger partial charge in [0.15, 0.2) is 5.69 Å². The van der Waals surface area contributed by atoms with Gasteiger partial charge in [-0.3, -0.25) is 4.79 Å². The topological polar surface area (TPSA) is 86.1 Å². The Morgan fingerprint density at radius 3 is 2.79 bits per heavy atom. The molecule has 1 heterocycles. The fourth-order valence-electron chi connectivity index (χ4n) is 3.64. The maximum Gasteiger partial charge on any atom is 0.360 e. The van der Waals surface area contributed by atoms with E-state index in [9.17, 15) is 9.59 Å². The molecule has 28 heavy (non-hydrogen) atoms. The number of nitrogens with zero attached hydrogens (tertiary/aromatic N) is 3. The van der Waals surface area contributed by atoms with Crippen LogP contribution in [0.1, 0.15) is 58.9 Å². The van der Waals surface area contributed by atoms with Crippen molar-refractivity contribution in [3.63, 3.8) is 0 Å². The lowest BCUT2D eigenvalue weighted by Crippen LogP contribution is -2.42. The van der Waals surface area contributed by atoms with Crippen molar-refractivity contribution in [3.8, 4) is 0 Å². The average molecular weight is 382 g/mol. The Hall–Kier alpha value is -2.96. The SMILES string of the molecule is COC(=O)c1cn(C2CCCCC2NC(=O)C=Cc2ccc(C)cc2C)nn1. The minimum Gasteiger partial charge on any atom is -0.464 e. The smallest absolute Gasteiger partial charge is 0.360 e. The standard InChI is InChI=1S/C21H26N4O3/c1-14-8-9-16(15(2)12-14)10-11-20(26)22-17-6-4-5-7-19(17)25-13-18(23-24-25)21(27)28-3/h8-13,17,19H,4-7H2,1-3H3,(H,22,26). The molecule has 1 aliphatic carbocycles. The first-order valence-electron chi connectivity index (χ1n) is 9.54. The summed E-state index contributed by atoms with van der Waals surface area (Å²) in [5, 5.41) is 11.0. The summed E-state index contributed by atoms with van der Waals surface area (Å²) in [6.45, 7) is 4.08. The number of aromatic nitrogens is 3. The normalized spacial score (nSPS) is 19.5. The molecule has 3 rings (SSSR count). The van der Waals surface area contributed by atoms with Crippen molar-refractivity contribution in [1.29, 1.82) is 0 Å². The number of aryl methyl sites for hydroxylation is 2. The van der Waals surface area contributed by atoms with Gasteiger partial charge in [0.2, 0.25) is 5.91 Å². The number of benzene rings is 1. The summed E-state index contributed by atoms with van der Waals surface area (Å²) >= 11 is 0. The first-order chi connectivity index (χ1) is 13.5. The second-order valence-electron chi connectivity index (χ2n) is 7.24. The van der Waals surface area contributed by atoms with E-state index in [0.717, 1.165) is 36.8 Å². The van der Waals surface area contributed by atoms with Crippen LogP contribution < -0.4 is 5.32 Å². The third-order valence-corrected chi connectivity index (χ3v) is 5.14. The van der Waals surface area contributed by atoms with Crippen LogP contribution in [0, 0.1) is 13.8 Å². The lowest BCUT2D eigenvalue weighted by Gasteiger charge is -2.31. The van der Waals surface area contributed by atoms with Gasteiger partial charge in [0.1, 0.15) is 0 Å². The van der Waals surface area contributed by atoms with Crippen LogP contribution >= 0.6 is 0 Å². The predicted octanol–water partition coefficient (Wildman–Crippen LogP) is 2.99. The van der Waals surface area contributed by atoms with Gasteiger partial charge in [0.25, 0.3) is 0 Å². The third kappa shape index (κ3) is 4.65. The Morgan fingerprint density at radius 2 is 2.04 bits per heavy atom. The van der Waals surface area contributed by atoms with E-state index in [0.29, 0.717) is 0 Å². The second kappa shape index (κ2) is 8.82. The molecule has 0 bridgehead atoms. The molecule has 0 aliphatic heterocycles. The van der Waals surface area contributed by atoms with Gasteiger partial charge >= 0.3 is 5.97 Å². The largest absolute Gasteiger partial charge is 0.464 e. The zero-order valence-corrected chi connectivity index (χ0v) is 16.5. The van der Waals surface area contributed by atoms with Crippen LogP contribution in [0.25, 0.3) is 6.08 Å². The Kier molecular flexibility index (Phi) is 6.23. The van der Waals surface area contributed by atoms with Crippen molar-refractivity contribution in [2.24, 2.45) is 0 Å². The molecule has 148 valence electrons. The summed E-state index contributed by atoms with van der Waals surface area (Å²) in [6.07, 6.45) is 8.82. The zero-order valence-electron chi connectivity index (χ0n) is 16.5. The van der Waals surface area contributed by atoms with E-state index in [-0.39, 0.29) is 23.7 Å². The van der Waals surface area contributed by atoms with Gasteiger partial charge in [-0.05, 0) is 43.9 Å². The van der Waals surface area contributed by atoms with Crippen LogP contribution in [-0.2, 0) is 9.53 Å². The molecule has 1 aromatic carbocycles. The summed E-state index contributed by atoms with van der Waals surface area (Å²) in [5.74, 6) is -0.649. The van der Waals surface area contributed by atoms with Crippen molar-refractivity contribution in [2.75, 3.05) is 7.11 Å². The molecule has 1 saturated carbocycles. The summed E-state index contributed by atoms with van der Waals surface area (Å²) in [6, 6.07) is 6.06. The Balaban J connectivity index is 1.68. The van der Waals surface area contributed by atoms with Crippen LogP contribution in [-0.4, -0.2) is 40.0 Å². The molecule has 1 aromatic heterocycles. The number of hydrogen-bond donors (Lipinski definition) is 1. The highest BCUT2D eigenvalue weighted by Crippen LogP contribution is 2.28. The van der Waals surface area contributed by atoms with Crippen molar-refractivity contribution in [2.45, 2.75) is 51.6 Å². The summed E-state index contributed by atoms with van der Waals surface area (Å²) in [4.78, 5) is 24.1. The number of amides is 1. The summed E-state index contributed by atoms with van der Waals surface area (Å²) < 4.78 is 6.36. The third-order valence-electron chi connectivity index (χ3n) is 5.14. The van der Waals surface area contributed by atoms with Crippen LogP contribution in [0.4, 0.5) is 0 Å². The van der Waals surface area contributed by atoms with Crippen LogP contribution in [0.3, 0.4) is 0 Å². The first kappa shape index (κ1) is 19.8. The number of carbonyl (C=O) groups is 2. The fourth-order valence-corrected chi connectivity index (χ4v) is 3.64. The molecular formula is C21H26N4O3. The quantitative estimate of drug-likeness (QED) is 0.635. The highest BCUT2D eigenvalue weighted by molar-refractivity contribution is 5.92. The summed E-state index contributed by atoms with van der Waals surface area (Å²) in [7, 11) is 1.31. The molecule has 2 aromatic rings. The van der Waals surface area contributed by atoms with E-state index in [2.05, 4.69) is 26.4 Å². The number of hydrogen-bond acceptors (Lipinski definition) is 5. The van der Waals surface area contributed by atoms with Crippen molar-refractivity contribution < 1.29 is 14.3 Å². The molecule has 0 radical (unpaired) electrons. The monoisotopic (exact) mass is 382 g/mol. The number of nitrogens with one attached hydrogen (secondary N) is 1. The fraction of sp³-hybridized carbons (Fsp3) is 0.429. The van der Waals surface area contributed by atoms with E-state index in [1.807, 2.05) is 32.1 Å². The van der Waals surface area contributed by atoms with Crippen LogP contribution in [0.2, 0.25) is 0 Å². The lowest BCUT2D eigenvalue weighted by atomic mass is 9.90. The number of carbonyl (C=O) groups excluding carboxylic acids is 2. The average Bonchev–Trinajstić information content (AvgIpc) is 3.17. The van der Waals surface area contributed by atoms with Gasteiger partial charge in [-0.1, -0.05) is 41.8 Å². The molecule has 1 N–H and O–H groups in total. The highest BCUT2D eigenvalue weighted by atomic mass is 16.5. The Morgan fingerprint density at radius 1 is 1.25 bits per heavy atom. The molecule has 1 amide bonds. The van der Waals surface area contributed by atoms with Crippen molar-refractivity contribution in [1.82, 2.24) is 20.3 Å². The van der Waals surface area contributed by atoms with Crippen molar-refractivity contribution >= 4 is 18.0 Å². The highest BCUT2D eigenvalue weighted by Gasteiger charge is 2.29. The van der Waals surface area contributed by atoms with Gasteiger partial charge < -0.3 is 10.1 Å². The van der Waals surface area contributed by atoms with Crippen LogP contribution in [0.5, 0.6) is 0 Å². The van der Waals surface area contributed by atoms with Crippen LogP contribution in [0.15, 0.2) is 30.5 Å². The minimum absolute atomic E-state index is 0.0295. The van der Waals surface area contributed by atoms with Crippen molar-refractivity contribution in [3.05, 3.63) is 52.9 Å². The number of methoxy groups -OCH3 is 1. The molecule has 2 atom stereocenters. The zero-order chi connectivity index (χ0) is 20.1. The van der Waals surface area contributed by atoms with E-state index in [1.165, 1.54) is 12.7 Å². The molecule has 0 spiro atoms. The van der Waals surface area contributed by atoms with Gasteiger partial charge in [0, 0.05) is 6.08 Å². The minimum atomic E-state index is -0.515. The number of esters is 1. The summed E-state index contributed by atoms with van der Waals surface area (Å²) in [5.41, 5.74) is 3.54. The maximum atomic E-state index is 12.5. The molecule has 1 aliphatic rings. The molecule has 7 nitrogen and oxygen atoms in total. The van der Waals surface area contributed by atoms with Gasteiger partial charge in [0.05, 0.1) is 25.4 Å². The molecular weight excluding hydrogens is 356 g/mol. The maximum absolute atomic E-state index is 12.5. The second-order valence-corrected chi connectivity index (χ2v) is 7.24. The molecule has 7 heteroatoms. The molecule has 0 saturated heterocycles. The molecule has 2 unspecified atom stereocenters. The number of ether oxygens (including phenoxy) is 1. The predicted molar refractivity (Wildman–Crippen MR) is 106 cm³/mol. The van der Waals surface area contributed by atoms with E-state index < -0.39 is 5.97 Å². The first-order valence-corrected chi connectivity index (χ1v) is 9.54. The molecule has 1 fully saturated rings. The Bertz CT molecular complexity index is 888.